The molecule has 3 aliphatic heterocycles. The summed E-state index contributed by atoms with van der Waals surface area (Å²) in [5, 5.41) is 3.17. The van der Waals surface area contributed by atoms with Crippen molar-refractivity contribution in [3.63, 3.8) is 0 Å². The summed E-state index contributed by atoms with van der Waals surface area (Å²) in [4.78, 5) is 4.33. The van der Waals surface area contributed by atoms with Gasteiger partial charge in [-0.25, -0.2) is 12.8 Å². The molecule has 0 aromatic heterocycles. The summed E-state index contributed by atoms with van der Waals surface area (Å²) in [7, 11) is 0.0941. The van der Waals surface area contributed by atoms with Crippen molar-refractivity contribution in [2.75, 3.05) is 53.5 Å². The number of nitrogens with one attached hydrogen (secondary N) is 1. The lowest BCUT2D eigenvalue weighted by atomic mass is 9.74. The Kier molecular flexibility index (Phi) is 7.73. The van der Waals surface area contributed by atoms with Crippen LogP contribution in [0.5, 0.6) is 0 Å². The third kappa shape index (κ3) is 4.86. The minimum atomic E-state index is -3.50. The van der Waals surface area contributed by atoms with Gasteiger partial charge >= 0.3 is 0 Å². The number of nitrogens with zero attached hydrogens (tertiary/aromatic N) is 3. The Bertz CT molecular complexity index is 1220. The quantitative estimate of drug-likeness (QED) is 0.619. The summed E-state index contributed by atoms with van der Waals surface area (Å²) in [5.74, 6) is -0.00672. The van der Waals surface area contributed by atoms with Gasteiger partial charge in [-0.2, -0.15) is 4.31 Å². The summed E-state index contributed by atoms with van der Waals surface area (Å²) < 4.78 is 48.6. The molecule has 3 saturated heterocycles. The number of ether oxygens (including phenoxy) is 1. The zero-order valence-electron chi connectivity index (χ0n) is 22.3. The largest absolute Gasteiger partial charge is 0.383 e. The molecule has 0 saturated carbocycles. The first kappa shape index (κ1) is 26.7. The average molecular weight is 531 g/mol. The molecule has 3 fully saturated rings. The van der Waals surface area contributed by atoms with Crippen LogP contribution >= 0.6 is 0 Å². The Morgan fingerprint density at radius 3 is 2.43 bits per heavy atom. The van der Waals surface area contributed by atoms with Gasteiger partial charge in [-0.05, 0) is 74.2 Å². The fourth-order valence-electron chi connectivity index (χ4n) is 6.39. The normalized spacial score (nSPS) is 27.9. The molecule has 0 amide bonds. The van der Waals surface area contributed by atoms with Crippen molar-refractivity contribution in [2.24, 2.45) is 0 Å². The lowest BCUT2D eigenvalue weighted by molar-refractivity contribution is -0.0636. The van der Waals surface area contributed by atoms with Crippen molar-refractivity contribution in [1.82, 2.24) is 19.4 Å². The molecule has 2 aromatic carbocycles. The van der Waals surface area contributed by atoms with Crippen molar-refractivity contribution in [1.29, 1.82) is 0 Å². The predicted molar refractivity (Wildman–Crippen MR) is 144 cm³/mol. The Morgan fingerprint density at radius 2 is 1.76 bits per heavy atom. The van der Waals surface area contributed by atoms with E-state index in [1.165, 1.54) is 11.6 Å². The van der Waals surface area contributed by atoms with E-state index >= 15 is 0 Å². The van der Waals surface area contributed by atoms with Crippen LogP contribution < -0.4 is 5.32 Å². The molecule has 2 unspecified atom stereocenters. The van der Waals surface area contributed by atoms with E-state index < -0.39 is 15.5 Å². The maximum Gasteiger partial charge on any atom is 0.244 e. The standard InChI is InChI=1S/C28H39FN4O3S/c1-19-20(2)24(29)12-11-23(19)21-7-9-22(10-8-21)27-25-17-32(37(34,35)28-30-13-16-31(28)3)14-5-6-15-33(25)26(27)18-36-4/h7-12,25-28,30H,5-6,13-18H2,1-4H3/t25-,26+,27?,28?/m0/s1. The zero-order valence-corrected chi connectivity index (χ0v) is 23.1. The van der Waals surface area contributed by atoms with E-state index in [9.17, 15) is 12.8 Å². The summed E-state index contributed by atoms with van der Waals surface area (Å²) in [6.07, 6.45) is 1.82. The molecule has 5 rings (SSSR count). The molecule has 7 nitrogen and oxygen atoms in total. The van der Waals surface area contributed by atoms with Crippen LogP contribution in [0.15, 0.2) is 36.4 Å². The van der Waals surface area contributed by atoms with Crippen molar-refractivity contribution in [3.05, 3.63) is 58.9 Å². The number of hydrogen-bond donors (Lipinski definition) is 1. The molecular formula is C28H39FN4O3S. The second-order valence-electron chi connectivity index (χ2n) is 10.7. The van der Waals surface area contributed by atoms with E-state index in [-0.39, 0.29) is 23.8 Å². The molecule has 37 heavy (non-hydrogen) atoms. The predicted octanol–water partition coefficient (Wildman–Crippen LogP) is 3.14. The van der Waals surface area contributed by atoms with Gasteiger partial charge in [-0.15, -0.1) is 0 Å². The smallest absolute Gasteiger partial charge is 0.244 e. The number of likely N-dealkylation sites (N-methyl/N-ethyl adjacent to an activating group) is 1. The van der Waals surface area contributed by atoms with Crippen LogP contribution in [-0.2, 0) is 14.8 Å². The topological polar surface area (TPSA) is 65.1 Å². The molecular weight excluding hydrogens is 491 g/mol. The molecule has 2 aromatic rings. The zero-order chi connectivity index (χ0) is 26.3. The van der Waals surface area contributed by atoms with Gasteiger partial charge < -0.3 is 4.74 Å². The first-order chi connectivity index (χ1) is 17.7. The van der Waals surface area contributed by atoms with Gasteiger partial charge in [0.2, 0.25) is 10.0 Å². The molecule has 1 N–H and O–H groups in total. The lowest BCUT2D eigenvalue weighted by Gasteiger charge is -2.57. The Labute approximate surface area is 220 Å². The first-order valence-electron chi connectivity index (χ1n) is 13.3. The summed E-state index contributed by atoms with van der Waals surface area (Å²) in [6, 6.07) is 12.2. The molecule has 0 bridgehead atoms. The molecule has 9 heteroatoms. The van der Waals surface area contributed by atoms with E-state index in [1.54, 1.807) is 11.4 Å². The van der Waals surface area contributed by atoms with Crippen LogP contribution in [0.4, 0.5) is 4.39 Å². The van der Waals surface area contributed by atoms with Gasteiger partial charge in [-0.1, -0.05) is 30.3 Å². The number of hydrogen-bond acceptors (Lipinski definition) is 6. The summed E-state index contributed by atoms with van der Waals surface area (Å²) in [5.41, 5.74) is 4.25. The highest BCUT2D eigenvalue weighted by molar-refractivity contribution is 7.89. The third-order valence-corrected chi connectivity index (χ3v) is 10.8. The van der Waals surface area contributed by atoms with Crippen LogP contribution in [0, 0.1) is 19.7 Å². The van der Waals surface area contributed by atoms with Crippen LogP contribution in [-0.4, -0.2) is 93.6 Å². The van der Waals surface area contributed by atoms with Crippen LogP contribution in [0.3, 0.4) is 0 Å². The van der Waals surface area contributed by atoms with Crippen molar-refractivity contribution in [3.8, 4) is 11.1 Å². The Morgan fingerprint density at radius 1 is 1.03 bits per heavy atom. The highest BCUT2D eigenvalue weighted by Crippen LogP contribution is 2.43. The Hall–Kier alpha value is -1.88. The summed E-state index contributed by atoms with van der Waals surface area (Å²) >= 11 is 0. The number of sulfonamides is 1. The lowest BCUT2D eigenvalue weighted by Crippen LogP contribution is -2.68. The molecule has 3 heterocycles. The van der Waals surface area contributed by atoms with Crippen LogP contribution in [0.25, 0.3) is 11.1 Å². The molecule has 3 aliphatic rings. The fraction of sp³-hybridized carbons (Fsp3) is 0.571. The maximum atomic E-state index is 14.0. The molecule has 202 valence electrons. The number of fused-ring (bicyclic) bond motifs is 1. The highest BCUT2D eigenvalue weighted by atomic mass is 32.2. The minimum absolute atomic E-state index is 0.0996. The molecule has 0 radical (unpaired) electrons. The minimum Gasteiger partial charge on any atom is -0.383 e. The Balaban J connectivity index is 1.43. The van der Waals surface area contributed by atoms with E-state index in [1.807, 2.05) is 31.9 Å². The first-order valence-corrected chi connectivity index (χ1v) is 14.8. The highest BCUT2D eigenvalue weighted by Gasteiger charge is 2.51. The number of benzene rings is 2. The van der Waals surface area contributed by atoms with E-state index in [4.69, 9.17) is 4.74 Å². The summed E-state index contributed by atoms with van der Waals surface area (Å²) in [6.45, 7) is 7.79. The van der Waals surface area contributed by atoms with Crippen molar-refractivity contribution >= 4 is 10.0 Å². The average Bonchev–Trinajstić information content (AvgIpc) is 3.31. The van der Waals surface area contributed by atoms with Crippen LogP contribution in [0.1, 0.15) is 35.4 Å². The number of halogens is 1. The van der Waals surface area contributed by atoms with Crippen molar-refractivity contribution < 1.29 is 17.5 Å². The van der Waals surface area contributed by atoms with Gasteiger partial charge in [0, 0.05) is 51.3 Å². The molecule has 0 aliphatic carbocycles. The van der Waals surface area contributed by atoms with E-state index in [0.29, 0.717) is 31.8 Å². The molecule has 0 spiro atoms. The number of rotatable bonds is 6. The molecule has 4 atom stereocenters. The van der Waals surface area contributed by atoms with Crippen LogP contribution in [0.2, 0.25) is 0 Å². The monoisotopic (exact) mass is 530 g/mol. The second-order valence-corrected chi connectivity index (χ2v) is 12.7. The van der Waals surface area contributed by atoms with E-state index in [0.717, 1.165) is 42.6 Å². The van der Waals surface area contributed by atoms with Gasteiger partial charge in [0.05, 0.1) is 6.61 Å². The second kappa shape index (κ2) is 10.7. The third-order valence-electron chi connectivity index (χ3n) is 8.64. The fourth-order valence-corrected chi connectivity index (χ4v) is 8.30. The number of methoxy groups -OCH3 is 1. The van der Waals surface area contributed by atoms with Gasteiger partial charge in [0.25, 0.3) is 0 Å². The van der Waals surface area contributed by atoms with Gasteiger partial charge in [-0.3, -0.25) is 15.1 Å². The van der Waals surface area contributed by atoms with E-state index in [2.05, 4.69) is 34.5 Å². The maximum absolute atomic E-state index is 14.0. The van der Waals surface area contributed by atoms with Gasteiger partial charge in [0.1, 0.15) is 5.82 Å². The van der Waals surface area contributed by atoms with Crippen molar-refractivity contribution in [2.45, 2.75) is 50.2 Å². The van der Waals surface area contributed by atoms with Gasteiger partial charge in [0.15, 0.2) is 5.50 Å². The SMILES string of the molecule is COC[C@@H]1C(c2ccc(-c3ccc(F)c(C)c3C)cc2)[C@@H]2CN(S(=O)(=O)C3NCCN3C)CCCCN12.